The minimum Gasteiger partial charge on any atom is -0.389 e. The molecule has 2 aromatic heterocycles. The fourth-order valence-corrected chi connectivity index (χ4v) is 3.22. The minimum atomic E-state index is -0.548. The lowest BCUT2D eigenvalue weighted by Crippen LogP contribution is -2.12. The normalized spacial score (nSPS) is 14.2. The Labute approximate surface area is 130 Å². The van der Waals surface area contributed by atoms with Crippen molar-refractivity contribution in [2.24, 2.45) is 5.92 Å². The van der Waals surface area contributed by atoms with Crippen LogP contribution in [0, 0.1) is 5.92 Å². The first kappa shape index (κ1) is 13.3. The highest BCUT2D eigenvalue weighted by Gasteiger charge is 2.33. The molecule has 1 aliphatic carbocycles. The number of fused-ring (bicyclic) bond motifs is 1. The number of ether oxygens (including phenoxy) is 1. The maximum absolute atomic E-state index is 12.0. The zero-order valence-corrected chi connectivity index (χ0v) is 12.5. The van der Waals surface area contributed by atoms with E-state index < -0.39 is 11.9 Å². The van der Waals surface area contributed by atoms with Crippen LogP contribution in [0.1, 0.15) is 22.5 Å². The molecule has 1 aromatic carbocycles. The third kappa shape index (κ3) is 2.33. The Hall–Kier alpha value is -2.40. The molecular weight excluding hydrogens is 298 g/mol. The van der Waals surface area contributed by atoms with E-state index >= 15 is 0 Å². The Morgan fingerprint density at radius 2 is 2.05 bits per heavy atom. The Morgan fingerprint density at radius 1 is 1.23 bits per heavy atom. The van der Waals surface area contributed by atoms with Gasteiger partial charge in [-0.2, -0.15) is 0 Å². The van der Waals surface area contributed by atoms with E-state index in [0.29, 0.717) is 4.88 Å². The van der Waals surface area contributed by atoms with Crippen molar-refractivity contribution in [2.75, 3.05) is 0 Å². The van der Waals surface area contributed by atoms with E-state index in [9.17, 15) is 9.59 Å². The molecule has 1 saturated carbocycles. The van der Waals surface area contributed by atoms with Crippen LogP contribution in [0.25, 0.3) is 22.0 Å². The summed E-state index contributed by atoms with van der Waals surface area (Å²) < 4.78 is 4.90. The number of aromatic nitrogens is 1. The van der Waals surface area contributed by atoms with Crippen LogP contribution in [0.2, 0.25) is 0 Å². The fraction of sp³-hybridized carbons (Fsp3) is 0.176. The van der Waals surface area contributed by atoms with Crippen LogP contribution in [0.15, 0.2) is 41.9 Å². The molecule has 4 nitrogen and oxygen atoms in total. The summed E-state index contributed by atoms with van der Waals surface area (Å²) in [5, 5.41) is 3.02. The number of nitrogens with one attached hydrogen (secondary N) is 1. The van der Waals surface area contributed by atoms with Gasteiger partial charge in [0.1, 0.15) is 4.88 Å². The molecule has 0 spiro atoms. The van der Waals surface area contributed by atoms with Crippen LogP contribution in [-0.2, 0) is 9.53 Å². The first-order valence-electron chi connectivity index (χ1n) is 7.13. The third-order valence-electron chi connectivity index (χ3n) is 3.80. The number of H-pyrrole nitrogens is 1. The predicted molar refractivity (Wildman–Crippen MR) is 84.8 cm³/mol. The lowest BCUT2D eigenvalue weighted by molar-refractivity contribution is -0.139. The van der Waals surface area contributed by atoms with E-state index in [2.05, 4.69) is 4.98 Å². The van der Waals surface area contributed by atoms with E-state index in [-0.39, 0.29) is 5.92 Å². The molecule has 5 heteroatoms. The van der Waals surface area contributed by atoms with Crippen LogP contribution in [0.5, 0.6) is 0 Å². The average Bonchev–Trinajstić information content (AvgIpc) is 3.11. The van der Waals surface area contributed by atoms with Gasteiger partial charge in [-0.3, -0.25) is 4.79 Å². The maximum atomic E-state index is 12.0. The lowest BCUT2D eigenvalue weighted by atomic mass is 10.1. The number of thiophene rings is 1. The number of hydrogen-bond donors (Lipinski definition) is 1. The van der Waals surface area contributed by atoms with Crippen molar-refractivity contribution >= 4 is 34.2 Å². The largest absolute Gasteiger partial charge is 0.389 e. The Kier molecular flexibility index (Phi) is 3.08. The number of aromatic amines is 1. The molecule has 3 aromatic rings. The number of carbonyl (C=O) groups excluding carboxylic acids is 2. The summed E-state index contributed by atoms with van der Waals surface area (Å²) in [7, 11) is 0. The van der Waals surface area contributed by atoms with Gasteiger partial charge in [0.15, 0.2) is 0 Å². The van der Waals surface area contributed by atoms with Crippen LogP contribution in [-0.4, -0.2) is 16.9 Å². The van der Waals surface area contributed by atoms with E-state index in [1.54, 1.807) is 6.07 Å². The molecule has 2 heterocycles. The molecule has 0 amide bonds. The standard InChI is InChI=1S/C17H13NO3S/c19-16(10-5-6-10)21-17(20)15-7-11(9-22-15)13-8-18-14-4-2-1-3-12(13)14/h1-4,7-10,18H,5-6H2. The van der Waals surface area contributed by atoms with Crippen molar-refractivity contribution in [1.82, 2.24) is 4.98 Å². The van der Waals surface area contributed by atoms with Crippen molar-refractivity contribution in [3.63, 3.8) is 0 Å². The van der Waals surface area contributed by atoms with Crippen LogP contribution < -0.4 is 0 Å². The molecule has 0 aliphatic heterocycles. The van der Waals surface area contributed by atoms with E-state index in [0.717, 1.165) is 34.9 Å². The van der Waals surface area contributed by atoms with E-state index in [1.807, 2.05) is 35.8 Å². The summed E-state index contributed by atoms with van der Waals surface area (Å²) in [5.74, 6) is -1.02. The second kappa shape index (κ2) is 5.10. The van der Waals surface area contributed by atoms with Crippen LogP contribution in [0.3, 0.4) is 0 Å². The van der Waals surface area contributed by atoms with Gasteiger partial charge in [0.2, 0.25) is 0 Å². The molecule has 1 N–H and O–H groups in total. The highest BCUT2D eigenvalue weighted by atomic mass is 32.1. The quantitative estimate of drug-likeness (QED) is 0.587. The zero-order chi connectivity index (χ0) is 15.1. The molecule has 110 valence electrons. The van der Waals surface area contributed by atoms with Crippen LogP contribution in [0.4, 0.5) is 0 Å². The van der Waals surface area contributed by atoms with Gasteiger partial charge in [0.25, 0.3) is 0 Å². The molecule has 0 unspecified atom stereocenters. The average molecular weight is 311 g/mol. The van der Waals surface area contributed by atoms with Crippen molar-refractivity contribution in [3.05, 3.63) is 46.8 Å². The van der Waals surface area contributed by atoms with Crippen molar-refractivity contribution in [1.29, 1.82) is 0 Å². The van der Waals surface area contributed by atoms with Gasteiger partial charge in [-0.1, -0.05) is 18.2 Å². The van der Waals surface area contributed by atoms with Gasteiger partial charge in [0.05, 0.1) is 5.92 Å². The molecule has 4 rings (SSSR count). The van der Waals surface area contributed by atoms with E-state index in [1.165, 1.54) is 11.3 Å². The minimum absolute atomic E-state index is 0.0722. The first-order valence-corrected chi connectivity index (χ1v) is 8.01. The summed E-state index contributed by atoms with van der Waals surface area (Å²) in [5.41, 5.74) is 3.05. The second-order valence-electron chi connectivity index (χ2n) is 5.43. The Morgan fingerprint density at radius 3 is 2.86 bits per heavy atom. The number of benzene rings is 1. The van der Waals surface area contributed by atoms with Gasteiger partial charge in [-0.05, 0) is 35.9 Å². The monoisotopic (exact) mass is 311 g/mol. The number of esters is 2. The lowest BCUT2D eigenvalue weighted by Gasteiger charge is -1.98. The van der Waals surface area contributed by atoms with Gasteiger partial charge in [0, 0.05) is 22.7 Å². The zero-order valence-electron chi connectivity index (χ0n) is 11.7. The molecule has 0 atom stereocenters. The van der Waals surface area contributed by atoms with Gasteiger partial charge in [-0.15, -0.1) is 11.3 Å². The van der Waals surface area contributed by atoms with Crippen molar-refractivity contribution in [3.8, 4) is 11.1 Å². The number of para-hydroxylation sites is 1. The second-order valence-corrected chi connectivity index (χ2v) is 6.34. The highest BCUT2D eigenvalue weighted by Crippen LogP contribution is 2.33. The SMILES string of the molecule is O=C(OC(=O)C1CC1)c1cc(-c2c[nH]c3ccccc23)cs1. The molecule has 0 bridgehead atoms. The smallest absolute Gasteiger partial charge is 0.355 e. The molecule has 0 saturated heterocycles. The van der Waals surface area contributed by atoms with Crippen molar-refractivity contribution in [2.45, 2.75) is 12.8 Å². The molecule has 1 aliphatic rings. The van der Waals surface area contributed by atoms with Gasteiger partial charge >= 0.3 is 11.9 Å². The van der Waals surface area contributed by atoms with Gasteiger partial charge in [-0.25, -0.2) is 4.79 Å². The highest BCUT2D eigenvalue weighted by molar-refractivity contribution is 7.12. The summed E-state index contributed by atoms with van der Waals surface area (Å²) >= 11 is 1.30. The summed E-state index contributed by atoms with van der Waals surface area (Å²) in [6.45, 7) is 0. The fourth-order valence-electron chi connectivity index (χ4n) is 2.44. The van der Waals surface area contributed by atoms with Crippen molar-refractivity contribution < 1.29 is 14.3 Å². The Balaban J connectivity index is 1.60. The third-order valence-corrected chi connectivity index (χ3v) is 4.72. The number of hydrogen-bond acceptors (Lipinski definition) is 4. The summed E-state index contributed by atoms with van der Waals surface area (Å²) in [4.78, 5) is 27.2. The van der Waals surface area contributed by atoms with Gasteiger partial charge < -0.3 is 9.72 Å². The number of rotatable bonds is 3. The number of carbonyl (C=O) groups is 2. The maximum Gasteiger partial charge on any atom is 0.355 e. The molecule has 0 radical (unpaired) electrons. The Bertz CT molecular complexity index is 873. The summed E-state index contributed by atoms with van der Waals surface area (Å²) in [6, 6.07) is 9.78. The van der Waals surface area contributed by atoms with E-state index in [4.69, 9.17) is 4.74 Å². The molecular formula is C17H13NO3S. The summed E-state index contributed by atoms with van der Waals surface area (Å²) in [6.07, 6.45) is 3.59. The molecule has 22 heavy (non-hydrogen) atoms. The first-order chi connectivity index (χ1) is 10.7. The molecule has 1 fully saturated rings. The topological polar surface area (TPSA) is 59.2 Å². The van der Waals surface area contributed by atoms with Crippen LogP contribution >= 0.6 is 11.3 Å². The predicted octanol–water partition coefficient (Wildman–Crippen LogP) is 3.99.